The highest BCUT2D eigenvalue weighted by atomic mass is 32.2. The third-order valence-corrected chi connectivity index (χ3v) is 7.87. The lowest BCUT2D eigenvalue weighted by molar-refractivity contribution is -0.385. The Morgan fingerprint density at radius 2 is 1.61 bits per heavy atom. The van der Waals surface area contributed by atoms with Crippen molar-refractivity contribution in [2.24, 2.45) is 0 Å². The Labute approximate surface area is 191 Å². The van der Waals surface area contributed by atoms with E-state index in [1.54, 1.807) is 13.8 Å². The topological polar surface area (TPSA) is 153 Å². The maximum atomic E-state index is 12.9. The van der Waals surface area contributed by atoms with Crippen LogP contribution in [0.25, 0.3) is 0 Å². The molecule has 0 aliphatic carbocycles. The van der Waals surface area contributed by atoms with Crippen LogP contribution in [0.3, 0.4) is 0 Å². The lowest BCUT2D eigenvalue weighted by Gasteiger charge is -2.34. The van der Waals surface area contributed by atoms with Gasteiger partial charge >= 0.3 is 0 Å². The summed E-state index contributed by atoms with van der Waals surface area (Å²) in [6, 6.07) is 8.32. The standard InChI is InChI=1S/C20H23N3O8S2/c1-13-11-22(12-14(2)31-13)33(29,30)18-6-4-16(5-7-18)21-20(24)15-8-17(23(25)26)10-19(9-15)32(3,27)28/h4-10,13-14H,11-12H2,1-3H3,(H,21,24). The van der Waals surface area contributed by atoms with Crippen LogP contribution in [-0.4, -0.2) is 63.5 Å². The number of nitrogens with one attached hydrogen (secondary N) is 1. The summed E-state index contributed by atoms with van der Waals surface area (Å²) in [5.41, 5.74) is -0.536. The predicted molar refractivity (Wildman–Crippen MR) is 119 cm³/mol. The van der Waals surface area contributed by atoms with Crippen molar-refractivity contribution in [3.63, 3.8) is 0 Å². The van der Waals surface area contributed by atoms with E-state index < -0.39 is 36.4 Å². The third kappa shape index (κ3) is 5.74. The number of hydrogen-bond donors (Lipinski definition) is 1. The van der Waals surface area contributed by atoms with Crippen LogP contribution < -0.4 is 5.32 Å². The van der Waals surface area contributed by atoms with Crippen LogP contribution in [0.2, 0.25) is 0 Å². The smallest absolute Gasteiger partial charge is 0.271 e. The molecule has 1 heterocycles. The molecule has 11 nitrogen and oxygen atoms in total. The first-order valence-electron chi connectivity index (χ1n) is 9.84. The molecule has 0 bridgehead atoms. The Bertz CT molecular complexity index is 1280. The highest BCUT2D eigenvalue weighted by Crippen LogP contribution is 2.24. The van der Waals surface area contributed by atoms with Crippen LogP contribution in [0.1, 0.15) is 24.2 Å². The van der Waals surface area contributed by atoms with E-state index in [1.165, 1.54) is 28.6 Å². The van der Waals surface area contributed by atoms with Gasteiger partial charge in [-0.3, -0.25) is 14.9 Å². The Hall–Kier alpha value is -2.87. The van der Waals surface area contributed by atoms with Crippen LogP contribution in [0, 0.1) is 10.1 Å². The second-order valence-corrected chi connectivity index (χ2v) is 11.8. The van der Waals surface area contributed by atoms with E-state index >= 15 is 0 Å². The van der Waals surface area contributed by atoms with Crippen molar-refractivity contribution in [3.05, 3.63) is 58.1 Å². The molecule has 0 radical (unpaired) electrons. The molecule has 1 fully saturated rings. The average Bonchev–Trinajstić information content (AvgIpc) is 2.72. The molecule has 1 aliphatic heterocycles. The quantitative estimate of drug-likeness (QED) is 0.470. The van der Waals surface area contributed by atoms with Crippen LogP contribution in [-0.2, 0) is 24.6 Å². The van der Waals surface area contributed by atoms with E-state index in [2.05, 4.69) is 5.32 Å². The largest absolute Gasteiger partial charge is 0.373 e. The van der Waals surface area contributed by atoms with E-state index in [9.17, 15) is 31.7 Å². The fourth-order valence-electron chi connectivity index (χ4n) is 3.42. The molecule has 0 saturated carbocycles. The summed E-state index contributed by atoms with van der Waals surface area (Å²) in [4.78, 5) is 22.6. The summed E-state index contributed by atoms with van der Waals surface area (Å²) in [6.07, 6.45) is 0.394. The van der Waals surface area contributed by atoms with E-state index in [4.69, 9.17) is 4.74 Å². The van der Waals surface area contributed by atoms with Crippen LogP contribution >= 0.6 is 0 Å². The van der Waals surface area contributed by atoms with Gasteiger partial charge in [-0.25, -0.2) is 16.8 Å². The van der Waals surface area contributed by atoms with Gasteiger partial charge in [0.15, 0.2) is 9.84 Å². The molecular weight excluding hydrogens is 474 g/mol. The number of sulfone groups is 1. The first kappa shape index (κ1) is 24.8. The van der Waals surface area contributed by atoms with Gasteiger partial charge < -0.3 is 10.1 Å². The van der Waals surface area contributed by atoms with Crippen molar-refractivity contribution in [2.45, 2.75) is 35.8 Å². The maximum Gasteiger partial charge on any atom is 0.271 e. The molecule has 2 aromatic rings. The van der Waals surface area contributed by atoms with E-state index in [0.29, 0.717) is 0 Å². The number of hydrogen-bond acceptors (Lipinski definition) is 8. The third-order valence-electron chi connectivity index (χ3n) is 4.93. The van der Waals surface area contributed by atoms with Crippen molar-refractivity contribution in [1.29, 1.82) is 0 Å². The summed E-state index contributed by atoms with van der Waals surface area (Å²) in [7, 11) is -7.56. The minimum Gasteiger partial charge on any atom is -0.373 e. The molecule has 1 aliphatic rings. The van der Waals surface area contributed by atoms with E-state index in [-0.39, 0.29) is 46.3 Å². The fourth-order valence-corrected chi connectivity index (χ4v) is 5.69. The number of anilines is 1. The number of rotatable bonds is 6. The van der Waals surface area contributed by atoms with Crippen molar-refractivity contribution < 1.29 is 31.3 Å². The van der Waals surface area contributed by atoms with Crippen LogP contribution in [0.4, 0.5) is 11.4 Å². The number of carbonyl (C=O) groups is 1. The molecule has 1 saturated heterocycles. The van der Waals surface area contributed by atoms with Crippen LogP contribution in [0.15, 0.2) is 52.3 Å². The predicted octanol–water partition coefficient (Wildman–Crippen LogP) is 2.05. The van der Waals surface area contributed by atoms with Gasteiger partial charge in [0.2, 0.25) is 10.0 Å². The van der Waals surface area contributed by atoms with Gasteiger partial charge in [0.25, 0.3) is 11.6 Å². The summed E-state index contributed by atoms with van der Waals surface area (Å²) < 4.78 is 56.4. The van der Waals surface area contributed by atoms with Crippen LogP contribution in [0.5, 0.6) is 0 Å². The van der Waals surface area contributed by atoms with Gasteiger partial charge in [0.05, 0.1) is 26.9 Å². The zero-order chi connectivity index (χ0) is 24.6. The summed E-state index contributed by atoms with van der Waals surface area (Å²) in [5.74, 6) is -0.782. The number of morpholine rings is 1. The number of amides is 1. The number of ether oxygens (including phenoxy) is 1. The molecular formula is C20H23N3O8S2. The van der Waals surface area contributed by atoms with Crippen molar-refractivity contribution in [2.75, 3.05) is 24.7 Å². The number of sulfonamides is 1. The van der Waals surface area contributed by atoms with E-state index in [1.807, 2.05) is 0 Å². The zero-order valence-corrected chi connectivity index (χ0v) is 19.7. The number of nitrogens with zero attached hydrogens (tertiary/aromatic N) is 2. The summed E-state index contributed by atoms with van der Waals surface area (Å²) >= 11 is 0. The summed E-state index contributed by atoms with van der Waals surface area (Å²) in [5, 5.41) is 13.6. The Morgan fingerprint density at radius 1 is 1.03 bits per heavy atom. The van der Waals surface area contributed by atoms with Crippen molar-refractivity contribution in [3.8, 4) is 0 Å². The normalized spacial score (nSPS) is 19.7. The lowest BCUT2D eigenvalue weighted by atomic mass is 10.2. The highest BCUT2D eigenvalue weighted by molar-refractivity contribution is 7.90. The van der Waals surface area contributed by atoms with Gasteiger partial charge in [-0.15, -0.1) is 0 Å². The molecule has 3 rings (SSSR count). The van der Waals surface area contributed by atoms with Gasteiger partial charge in [-0.2, -0.15) is 4.31 Å². The fraction of sp³-hybridized carbons (Fsp3) is 0.350. The SMILES string of the molecule is CC1CN(S(=O)(=O)c2ccc(NC(=O)c3cc([N+](=O)[O-])cc(S(C)(=O)=O)c3)cc2)CC(C)O1. The van der Waals surface area contributed by atoms with E-state index in [0.717, 1.165) is 24.5 Å². The first-order chi connectivity index (χ1) is 15.3. The van der Waals surface area contributed by atoms with Gasteiger partial charge in [0, 0.05) is 42.7 Å². The van der Waals surface area contributed by atoms with Crippen molar-refractivity contribution >= 4 is 37.1 Å². The molecule has 0 aromatic heterocycles. The maximum absolute atomic E-state index is 12.9. The first-order valence-corrected chi connectivity index (χ1v) is 13.2. The summed E-state index contributed by atoms with van der Waals surface area (Å²) in [6.45, 7) is 4.03. The Balaban J connectivity index is 1.82. The number of non-ortho nitro benzene ring substituents is 1. The molecule has 2 aromatic carbocycles. The molecule has 1 amide bonds. The Kier molecular flexibility index (Phi) is 6.88. The minimum atomic E-state index is -3.79. The molecule has 0 spiro atoms. The molecule has 33 heavy (non-hydrogen) atoms. The highest BCUT2D eigenvalue weighted by Gasteiger charge is 2.32. The molecule has 13 heteroatoms. The lowest BCUT2D eigenvalue weighted by Crippen LogP contribution is -2.48. The molecule has 178 valence electrons. The number of nitro benzene ring substituents is 1. The monoisotopic (exact) mass is 497 g/mol. The molecule has 2 atom stereocenters. The van der Waals surface area contributed by atoms with Gasteiger partial charge in [-0.05, 0) is 44.2 Å². The van der Waals surface area contributed by atoms with Gasteiger partial charge in [0.1, 0.15) is 0 Å². The van der Waals surface area contributed by atoms with Gasteiger partial charge in [-0.1, -0.05) is 0 Å². The van der Waals surface area contributed by atoms with Crippen molar-refractivity contribution in [1.82, 2.24) is 4.31 Å². The number of benzene rings is 2. The number of carbonyl (C=O) groups excluding carboxylic acids is 1. The molecule has 1 N–H and O–H groups in total. The Morgan fingerprint density at radius 3 is 2.12 bits per heavy atom. The molecule has 2 unspecified atom stereocenters. The average molecular weight is 498 g/mol. The number of nitro groups is 1. The second-order valence-electron chi connectivity index (χ2n) is 7.80. The zero-order valence-electron chi connectivity index (χ0n) is 18.1. The minimum absolute atomic E-state index is 0.0384. The second kappa shape index (κ2) is 9.17.